The Balaban J connectivity index is 2.11. The van der Waals surface area contributed by atoms with Crippen LogP contribution in [0.25, 0.3) is 0 Å². The lowest BCUT2D eigenvalue weighted by molar-refractivity contribution is -0.136. The molecule has 2 aromatic carbocycles. The van der Waals surface area contributed by atoms with Gasteiger partial charge < -0.3 is 10.2 Å². The van der Waals surface area contributed by atoms with Crippen molar-refractivity contribution >= 4 is 23.6 Å². The Bertz CT molecular complexity index is 1280. The fourth-order valence-electron chi connectivity index (χ4n) is 5.60. The first kappa shape index (κ1) is 38.1. The van der Waals surface area contributed by atoms with Crippen LogP contribution in [0.1, 0.15) is 137 Å². The molecule has 0 saturated carbocycles. The molecule has 0 fully saturated rings. The number of aromatic hydroxyl groups is 2. The van der Waals surface area contributed by atoms with Crippen LogP contribution < -0.4 is 21.7 Å². The van der Waals surface area contributed by atoms with Gasteiger partial charge in [0.15, 0.2) is 0 Å². The molecule has 2 aromatic rings. The van der Waals surface area contributed by atoms with Crippen LogP contribution in [0.4, 0.5) is 0 Å². The number of hydrazine groups is 2. The van der Waals surface area contributed by atoms with Crippen LogP contribution in [0.3, 0.4) is 0 Å². The van der Waals surface area contributed by atoms with Crippen molar-refractivity contribution in [2.24, 2.45) is 11.8 Å². The lowest BCUT2D eigenvalue weighted by atomic mass is 9.84. The predicted molar refractivity (Wildman–Crippen MR) is 180 cm³/mol. The smallest absolute Gasteiger partial charge is 0.273 e. The number of carbonyl (C=O) groups is 4. The maximum absolute atomic E-state index is 13.4. The van der Waals surface area contributed by atoms with Crippen LogP contribution in [-0.4, -0.2) is 33.8 Å². The van der Waals surface area contributed by atoms with E-state index < -0.39 is 35.5 Å². The molecule has 0 radical (unpaired) electrons. The summed E-state index contributed by atoms with van der Waals surface area (Å²) in [6.07, 6.45) is 11.4. The van der Waals surface area contributed by atoms with Crippen molar-refractivity contribution in [2.75, 3.05) is 0 Å². The number of rotatable bonds is 19. The monoisotopic (exact) mass is 638 g/mol. The molecule has 0 aliphatic carbocycles. The van der Waals surface area contributed by atoms with E-state index in [0.29, 0.717) is 43.2 Å². The molecular weight excluding hydrogens is 584 g/mol. The summed E-state index contributed by atoms with van der Waals surface area (Å²) in [5.74, 6) is -4.21. The SMILES string of the molecule is CCCCCCC(C(=O)NNC(=O)c1cccc(CCCCC)c1O)C(CC)C(=O)NNC(=O)c1cccc(CCCCC)c1O. The second-order valence-corrected chi connectivity index (χ2v) is 11.9. The number of amides is 4. The Hall–Kier alpha value is -4.08. The number of unbranched alkanes of at least 4 members (excludes halogenated alkanes) is 7. The number of para-hydroxylation sites is 2. The number of phenols is 2. The van der Waals surface area contributed by atoms with Crippen molar-refractivity contribution in [1.29, 1.82) is 0 Å². The third-order valence-corrected chi connectivity index (χ3v) is 8.39. The van der Waals surface area contributed by atoms with Crippen molar-refractivity contribution in [3.8, 4) is 11.5 Å². The largest absolute Gasteiger partial charge is 0.507 e. The van der Waals surface area contributed by atoms with E-state index in [-0.39, 0.29) is 22.6 Å². The summed E-state index contributed by atoms with van der Waals surface area (Å²) < 4.78 is 0. The number of phenolic OH excluding ortho intramolecular Hbond substituents is 2. The molecule has 0 spiro atoms. The van der Waals surface area contributed by atoms with Gasteiger partial charge >= 0.3 is 0 Å². The molecule has 10 nitrogen and oxygen atoms in total. The summed E-state index contributed by atoms with van der Waals surface area (Å²) in [7, 11) is 0. The number of hydrogen-bond donors (Lipinski definition) is 6. The number of hydrogen-bond acceptors (Lipinski definition) is 6. The van der Waals surface area contributed by atoms with Crippen molar-refractivity contribution < 1.29 is 29.4 Å². The predicted octanol–water partition coefficient (Wildman–Crippen LogP) is 6.40. The Morgan fingerprint density at radius 3 is 1.43 bits per heavy atom. The van der Waals surface area contributed by atoms with Gasteiger partial charge in [-0.1, -0.05) is 103 Å². The molecule has 254 valence electrons. The highest BCUT2D eigenvalue weighted by Gasteiger charge is 2.33. The number of nitrogens with one attached hydrogen (secondary N) is 4. The third-order valence-electron chi connectivity index (χ3n) is 8.39. The fraction of sp³-hybridized carbons (Fsp3) is 0.556. The van der Waals surface area contributed by atoms with Gasteiger partial charge in [-0.3, -0.25) is 40.9 Å². The molecule has 0 aromatic heterocycles. The van der Waals surface area contributed by atoms with Gasteiger partial charge in [0.2, 0.25) is 11.8 Å². The Kier molecular flexibility index (Phi) is 17.3. The molecule has 2 atom stereocenters. The van der Waals surface area contributed by atoms with E-state index >= 15 is 0 Å². The number of carbonyl (C=O) groups excluding carboxylic acids is 4. The van der Waals surface area contributed by atoms with E-state index in [9.17, 15) is 29.4 Å². The van der Waals surface area contributed by atoms with Gasteiger partial charge in [0.25, 0.3) is 11.8 Å². The van der Waals surface area contributed by atoms with E-state index in [1.165, 1.54) is 12.1 Å². The van der Waals surface area contributed by atoms with Gasteiger partial charge in [-0.05, 0) is 61.8 Å². The average molecular weight is 639 g/mol. The van der Waals surface area contributed by atoms with Gasteiger partial charge in [-0.2, -0.15) is 0 Å². The molecule has 0 aliphatic rings. The molecule has 2 rings (SSSR count). The summed E-state index contributed by atoms with van der Waals surface area (Å²) in [5, 5.41) is 21.4. The Labute approximate surface area is 274 Å². The second kappa shape index (κ2) is 20.9. The quantitative estimate of drug-likeness (QED) is 0.0773. The van der Waals surface area contributed by atoms with E-state index in [0.717, 1.165) is 57.8 Å². The fourth-order valence-corrected chi connectivity index (χ4v) is 5.60. The van der Waals surface area contributed by atoms with Gasteiger partial charge in [0.05, 0.1) is 23.0 Å². The van der Waals surface area contributed by atoms with Gasteiger partial charge in [-0.15, -0.1) is 0 Å². The zero-order chi connectivity index (χ0) is 33.9. The average Bonchev–Trinajstić information content (AvgIpc) is 3.05. The van der Waals surface area contributed by atoms with Gasteiger partial charge in [0, 0.05) is 0 Å². The standard InChI is InChI=1S/C36H54N4O6/c1-5-9-12-15-22-28(34(44)38-40-36(46)30-24-17-21-26(32(30)42)19-14-11-7-3)27(8-4)33(43)37-39-35(45)29-23-16-20-25(31(29)41)18-13-10-6-2/h16-17,20-21,23-24,27-28,41-42H,5-15,18-19,22H2,1-4H3,(H,37,43)(H,38,44)(H,39,45)(H,40,46). The van der Waals surface area contributed by atoms with Crippen molar-refractivity contribution in [3.05, 3.63) is 58.7 Å². The first-order valence-electron chi connectivity index (χ1n) is 17.0. The normalized spacial score (nSPS) is 12.2. The summed E-state index contributed by atoms with van der Waals surface area (Å²) in [6.45, 7) is 8.04. The minimum Gasteiger partial charge on any atom is -0.507 e. The maximum atomic E-state index is 13.4. The first-order chi connectivity index (χ1) is 22.2. The Morgan fingerprint density at radius 2 is 1.00 bits per heavy atom. The molecule has 0 saturated heterocycles. The summed E-state index contributed by atoms with van der Waals surface area (Å²) in [6, 6.07) is 9.93. The van der Waals surface area contributed by atoms with Crippen LogP contribution in [-0.2, 0) is 22.4 Å². The molecule has 6 N–H and O–H groups in total. The highest BCUT2D eigenvalue weighted by atomic mass is 16.3. The summed E-state index contributed by atoms with van der Waals surface area (Å²) in [5.41, 5.74) is 11.2. The number of aryl methyl sites for hydroxylation is 2. The molecule has 46 heavy (non-hydrogen) atoms. The van der Waals surface area contributed by atoms with Crippen molar-refractivity contribution in [2.45, 2.75) is 118 Å². The summed E-state index contributed by atoms with van der Waals surface area (Å²) >= 11 is 0. The minimum atomic E-state index is -0.803. The first-order valence-corrected chi connectivity index (χ1v) is 17.0. The minimum absolute atomic E-state index is 0.0524. The second-order valence-electron chi connectivity index (χ2n) is 11.9. The van der Waals surface area contributed by atoms with Crippen LogP contribution >= 0.6 is 0 Å². The van der Waals surface area contributed by atoms with Crippen LogP contribution in [0.2, 0.25) is 0 Å². The highest BCUT2D eigenvalue weighted by Crippen LogP contribution is 2.27. The van der Waals surface area contributed by atoms with Crippen LogP contribution in [0.15, 0.2) is 36.4 Å². The third kappa shape index (κ3) is 11.7. The van der Waals surface area contributed by atoms with Gasteiger partial charge in [0.1, 0.15) is 11.5 Å². The lowest BCUT2D eigenvalue weighted by Crippen LogP contribution is -2.51. The molecule has 0 aliphatic heterocycles. The van der Waals surface area contributed by atoms with Gasteiger partial charge in [-0.25, -0.2) is 0 Å². The molecular formula is C36H54N4O6. The molecule has 4 amide bonds. The summed E-state index contributed by atoms with van der Waals surface area (Å²) in [4.78, 5) is 52.6. The van der Waals surface area contributed by atoms with Crippen molar-refractivity contribution in [3.63, 3.8) is 0 Å². The van der Waals surface area contributed by atoms with E-state index in [2.05, 4.69) is 42.5 Å². The van der Waals surface area contributed by atoms with Crippen LogP contribution in [0, 0.1) is 11.8 Å². The molecule has 10 heteroatoms. The zero-order valence-corrected chi connectivity index (χ0v) is 28.0. The van der Waals surface area contributed by atoms with E-state index in [1.807, 2.05) is 0 Å². The topological polar surface area (TPSA) is 157 Å². The van der Waals surface area contributed by atoms with E-state index in [1.54, 1.807) is 31.2 Å². The molecule has 2 unspecified atom stereocenters. The van der Waals surface area contributed by atoms with Crippen LogP contribution in [0.5, 0.6) is 11.5 Å². The zero-order valence-electron chi connectivity index (χ0n) is 28.0. The molecule has 0 bridgehead atoms. The van der Waals surface area contributed by atoms with E-state index in [4.69, 9.17) is 0 Å². The lowest BCUT2D eigenvalue weighted by Gasteiger charge is -2.25. The number of benzene rings is 2. The highest BCUT2D eigenvalue weighted by molar-refractivity contribution is 5.99. The Morgan fingerprint density at radius 1 is 0.565 bits per heavy atom. The van der Waals surface area contributed by atoms with Crippen molar-refractivity contribution in [1.82, 2.24) is 21.7 Å². The maximum Gasteiger partial charge on any atom is 0.273 e. The molecule has 0 heterocycles.